The predicted molar refractivity (Wildman–Crippen MR) is 125 cm³/mol. The summed E-state index contributed by atoms with van der Waals surface area (Å²) in [6.45, 7) is 4.23. The largest absolute Gasteiger partial charge is 0.492 e. The van der Waals surface area contributed by atoms with Crippen molar-refractivity contribution in [1.29, 1.82) is 0 Å². The van der Waals surface area contributed by atoms with E-state index in [0.717, 1.165) is 18.5 Å². The van der Waals surface area contributed by atoms with Crippen molar-refractivity contribution < 1.29 is 17.5 Å². The second-order valence-corrected chi connectivity index (χ2v) is 8.17. The van der Waals surface area contributed by atoms with Crippen molar-refractivity contribution in [1.82, 2.24) is 10.6 Å². The number of rotatable bonds is 9. The number of hydrogen-bond donors (Lipinski definition) is 2. The third-order valence-corrected chi connectivity index (χ3v) is 4.97. The molecule has 0 saturated carbocycles. The van der Waals surface area contributed by atoms with Crippen molar-refractivity contribution in [3.05, 3.63) is 59.9 Å². The normalized spacial score (nSPS) is 11.5. The van der Waals surface area contributed by atoms with Crippen LogP contribution < -0.4 is 15.4 Å². The Hall–Kier alpha value is -1.88. The van der Waals surface area contributed by atoms with E-state index < -0.39 is 9.84 Å². The Labute approximate surface area is 188 Å². The summed E-state index contributed by atoms with van der Waals surface area (Å²) in [6.07, 6.45) is 1.89. The summed E-state index contributed by atoms with van der Waals surface area (Å²) in [5, 5.41) is 6.34. The third kappa shape index (κ3) is 9.44. The molecule has 6 nitrogen and oxygen atoms in total. The summed E-state index contributed by atoms with van der Waals surface area (Å²) in [6, 6.07) is 12.7. The molecular formula is C20H27FIN3O3S. The molecule has 9 heteroatoms. The van der Waals surface area contributed by atoms with Gasteiger partial charge in [0.25, 0.3) is 0 Å². The fourth-order valence-electron chi connectivity index (χ4n) is 2.41. The van der Waals surface area contributed by atoms with Gasteiger partial charge < -0.3 is 15.4 Å². The molecule has 0 aliphatic heterocycles. The lowest BCUT2D eigenvalue weighted by atomic mass is 10.1. The van der Waals surface area contributed by atoms with Crippen LogP contribution in [-0.2, 0) is 16.3 Å². The van der Waals surface area contributed by atoms with Crippen LogP contribution in [0.1, 0.15) is 12.5 Å². The molecule has 0 spiro atoms. The number of halogens is 2. The summed E-state index contributed by atoms with van der Waals surface area (Å²) < 4.78 is 41.4. The Bertz CT molecular complexity index is 873. The molecule has 0 atom stereocenters. The van der Waals surface area contributed by atoms with Gasteiger partial charge in [0, 0.05) is 19.3 Å². The Balaban J connectivity index is 0.00000420. The van der Waals surface area contributed by atoms with Crippen molar-refractivity contribution in [3.63, 3.8) is 0 Å². The lowest BCUT2D eigenvalue weighted by Gasteiger charge is -2.12. The highest BCUT2D eigenvalue weighted by Crippen LogP contribution is 2.15. The third-order valence-electron chi connectivity index (χ3n) is 3.84. The van der Waals surface area contributed by atoms with Crippen molar-refractivity contribution >= 4 is 39.8 Å². The zero-order valence-electron chi connectivity index (χ0n) is 16.5. The summed E-state index contributed by atoms with van der Waals surface area (Å²) in [4.78, 5) is 4.76. The molecule has 0 amide bonds. The number of nitrogens with one attached hydrogen (secondary N) is 2. The van der Waals surface area contributed by atoms with Crippen LogP contribution in [-0.4, -0.2) is 46.9 Å². The molecule has 2 aromatic rings. The smallest absolute Gasteiger partial charge is 0.191 e. The van der Waals surface area contributed by atoms with Crippen LogP contribution in [0.15, 0.2) is 58.4 Å². The van der Waals surface area contributed by atoms with E-state index in [1.807, 2.05) is 6.92 Å². The quantitative estimate of drug-likeness (QED) is 0.224. The molecule has 2 rings (SSSR count). The van der Waals surface area contributed by atoms with Crippen molar-refractivity contribution in [2.45, 2.75) is 18.2 Å². The van der Waals surface area contributed by atoms with E-state index in [9.17, 15) is 12.8 Å². The van der Waals surface area contributed by atoms with E-state index in [1.165, 1.54) is 30.5 Å². The van der Waals surface area contributed by atoms with Gasteiger partial charge in [0.2, 0.25) is 0 Å². The SMILES string of the molecule is CCNC(=NCCc1ccc(F)cc1)NCCOc1ccc(S(C)(=O)=O)cc1.I. The molecule has 2 N–H and O–H groups in total. The standard InChI is InChI=1S/C20H26FN3O3S.HI/c1-3-22-20(23-13-12-16-4-6-17(21)7-5-16)24-14-15-27-18-8-10-19(11-9-18)28(2,25)26;/h4-11H,3,12-15H2,1-2H3,(H2,22,23,24);1H. The van der Waals surface area contributed by atoms with Crippen LogP contribution in [0.25, 0.3) is 0 Å². The monoisotopic (exact) mass is 535 g/mol. The van der Waals surface area contributed by atoms with E-state index in [2.05, 4.69) is 15.6 Å². The number of benzene rings is 2. The van der Waals surface area contributed by atoms with E-state index in [-0.39, 0.29) is 34.7 Å². The van der Waals surface area contributed by atoms with Crippen molar-refractivity contribution in [2.75, 3.05) is 32.5 Å². The number of aliphatic imine (C=N–C) groups is 1. The number of sulfone groups is 1. The summed E-state index contributed by atoms with van der Waals surface area (Å²) in [5.41, 5.74) is 1.03. The van der Waals surface area contributed by atoms with Crippen LogP contribution >= 0.6 is 24.0 Å². The molecule has 0 fully saturated rings. The number of nitrogens with zero attached hydrogens (tertiary/aromatic N) is 1. The molecule has 0 heterocycles. The van der Waals surface area contributed by atoms with Gasteiger partial charge in [0.1, 0.15) is 18.2 Å². The van der Waals surface area contributed by atoms with E-state index in [0.29, 0.717) is 31.4 Å². The Morgan fingerprint density at radius 3 is 2.31 bits per heavy atom. The van der Waals surface area contributed by atoms with Crippen LogP contribution in [0.4, 0.5) is 4.39 Å². The molecular weight excluding hydrogens is 508 g/mol. The van der Waals surface area contributed by atoms with Crippen LogP contribution in [0.3, 0.4) is 0 Å². The van der Waals surface area contributed by atoms with Gasteiger partial charge in [-0.2, -0.15) is 0 Å². The molecule has 0 radical (unpaired) electrons. The van der Waals surface area contributed by atoms with Crippen LogP contribution in [0.2, 0.25) is 0 Å². The predicted octanol–water partition coefficient (Wildman–Crippen LogP) is 3.02. The maximum absolute atomic E-state index is 12.9. The average molecular weight is 535 g/mol. The highest BCUT2D eigenvalue weighted by molar-refractivity contribution is 14.0. The Morgan fingerprint density at radius 1 is 1.07 bits per heavy atom. The average Bonchev–Trinajstić information content (AvgIpc) is 2.66. The summed E-state index contributed by atoms with van der Waals surface area (Å²) in [7, 11) is -3.20. The van der Waals surface area contributed by atoms with Crippen LogP contribution in [0.5, 0.6) is 5.75 Å². The Kier molecular flexibility index (Phi) is 11.0. The van der Waals surface area contributed by atoms with E-state index in [1.54, 1.807) is 24.3 Å². The van der Waals surface area contributed by atoms with Gasteiger partial charge in [0.05, 0.1) is 11.4 Å². The topological polar surface area (TPSA) is 79.8 Å². The molecule has 0 unspecified atom stereocenters. The van der Waals surface area contributed by atoms with Gasteiger partial charge in [0.15, 0.2) is 15.8 Å². The highest BCUT2D eigenvalue weighted by atomic mass is 127. The summed E-state index contributed by atoms with van der Waals surface area (Å²) in [5.74, 6) is 1.04. The molecule has 0 aliphatic rings. The zero-order valence-corrected chi connectivity index (χ0v) is 19.7. The van der Waals surface area contributed by atoms with Gasteiger partial charge in [-0.15, -0.1) is 24.0 Å². The summed E-state index contributed by atoms with van der Waals surface area (Å²) >= 11 is 0. The fourth-order valence-corrected chi connectivity index (χ4v) is 3.04. The molecule has 29 heavy (non-hydrogen) atoms. The number of ether oxygens (including phenoxy) is 1. The van der Waals surface area contributed by atoms with Crippen LogP contribution in [0, 0.1) is 5.82 Å². The van der Waals surface area contributed by atoms with E-state index >= 15 is 0 Å². The number of hydrogen-bond acceptors (Lipinski definition) is 4. The molecule has 0 aliphatic carbocycles. The first-order valence-corrected chi connectivity index (χ1v) is 11.0. The van der Waals surface area contributed by atoms with Gasteiger partial charge >= 0.3 is 0 Å². The first-order valence-electron chi connectivity index (χ1n) is 9.08. The maximum atomic E-state index is 12.9. The minimum absolute atomic E-state index is 0. The molecule has 2 aromatic carbocycles. The first-order chi connectivity index (χ1) is 13.4. The minimum atomic E-state index is -3.20. The van der Waals surface area contributed by atoms with E-state index in [4.69, 9.17) is 4.74 Å². The second kappa shape index (κ2) is 12.6. The van der Waals surface area contributed by atoms with Gasteiger partial charge in [-0.3, -0.25) is 4.99 Å². The Morgan fingerprint density at radius 2 is 1.72 bits per heavy atom. The molecule has 0 bridgehead atoms. The van der Waals surface area contributed by atoms with Crippen molar-refractivity contribution in [2.24, 2.45) is 4.99 Å². The zero-order chi connectivity index (χ0) is 20.4. The lowest BCUT2D eigenvalue weighted by molar-refractivity contribution is 0.321. The minimum Gasteiger partial charge on any atom is -0.492 e. The van der Waals surface area contributed by atoms with Gasteiger partial charge in [-0.05, 0) is 55.3 Å². The molecule has 160 valence electrons. The number of guanidine groups is 1. The lowest BCUT2D eigenvalue weighted by Crippen LogP contribution is -2.39. The maximum Gasteiger partial charge on any atom is 0.191 e. The van der Waals surface area contributed by atoms with Gasteiger partial charge in [-0.1, -0.05) is 12.1 Å². The molecule has 0 saturated heterocycles. The van der Waals surface area contributed by atoms with Crippen molar-refractivity contribution in [3.8, 4) is 5.75 Å². The fraction of sp³-hybridized carbons (Fsp3) is 0.350. The first kappa shape index (κ1) is 25.2. The highest BCUT2D eigenvalue weighted by Gasteiger charge is 2.06. The van der Waals surface area contributed by atoms with Gasteiger partial charge in [-0.25, -0.2) is 12.8 Å². The second-order valence-electron chi connectivity index (χ2n) is 6.16. The molecule has 0 aromatic heterocycles.